The molecule has 34 heavy (non-hydrogen) atoms. The second kappa shape index (κ2) is 23.9. The SMILES string of the molecule is CCCCCCCCCCCCCOCCCNCCCNC(=O)[C@H](O)[C@@H](O)[C@H](O)[C@H](O)CO. The van der Waals surface area contributed by atoms with Gasteiger partial charge in [-0.2, -0.15) is 0 Å². The molecule has 0 aliphatic carbocycles. The normalized spacial score (nSPS) is 15.1. The lowest BCUT2D eigenvalue weighted by atomic mass is 10.0. The zero-order valence-electron chi connectivity index (χ0n) is 21.3. The second-order valence-corrected chi connectivity index (χ2v) is 9.07. The van der Waals surface area contributed by atoms with Crippen molar-refractivity contribution in [1.29, 1.82) is 0 Å². The number of aliphatic hydroxyl groups is 5. The number of unbranched alkanes of at least 4 members (excludes halogenated alkanes) is 10. The van der Waals surface area contributed by atoms with Crippen molar-refractivity contribution >= 4 is 5.91 Å². The monoisotopic (exact) mass is 492 g/mol. The van der Waals surface area contributed by atoms with Crippen molar-refractivity contribution < 1.29 is 35.1 Å². The molecule has 0 aliphatic rings. The average Bonchev–Trinajstić information content (AvgIpc) is 2.85. The van der Waals surface area contributed by atoms with Crippen molar-refractivity contribution in [3.8, 4) is 0 Å². The Morgan fingerprint density at radius 2 is 1.24 bits per heavy atom. The molecule has 0 rings (SSSR count). The van der Waals surface area contributed by atoms with Gasteiger partial charge in [-0.3, -0.25) is 4.79 Å². The summed E-state index contributed by atoms with van der Waals surface area (Å²) < 4.78 is 5.67. The number of rotatable bonds is 25. The van der Waals surface area contributed by atoms with Crippen LogP contribution in [0.4, 0.5) is 0 Å². The lowest BCUT2D eigenvalue weighted by molar-refractivity contribution is -0.148. The summed E-state index contributed by atoms with van der Waals surface area (Å²) >= 11 is 0. The first kappa shape index (κ1) is 33.2. The van der Waals surface area contributed by atoms with E-state index in [1.165, 1.54) is 64.2 Å². The van der Waals surface area contributed by atoms with E-state index >= 15 is 0 Å². The van der Waals surface area contributed by atoms with Crippen LogP contribution >= 0.6 is 0 Å². The number of hydrogen-bond donors (Lipinski definition) is 7. The summed E-state index contributed by atoms with van der Waals surface area (Å²) in [5.74, 6) is -0.840. The van der Waals surface area contributed by atoms with Crippen LogP contribution in [0.3, 0.4) is 0 Å². The molecule has 0 saturated heterocycles. The lowest BCUT2D eigenvalue weighted by Crippen LogP contribution is -2.51. The number of amides is 1. The minimum absolute atomic E-state index is 0.295. The van der Waals surface area contributed by atoms with Crippen LogP contribution in [0.15, 0.2) is 0 Å². The standard InChI is InChI=1S/C25H52N2O7/c1-2-3-4-5-6-7-8-9-10-11-12-18-34-19-14-16-26-15-13-17-27-25(33)24(32)23(31)22(30)21(29)20-28/h21-24,26,28-32H,2-20H2,1H3,(H,27,33)/t21-,22-,23+,24-/m1/s1. The highest BCUT2D eigenvalue weighted by molar-refractivity contribution is 5.81. The molecule has 204 valence electrons. The number of carbonyl (C=O) groups is 1. The van der Waals surface area contributed by atoms with E-state index in [1.807, 2.05) is 0 Å². The Morgan fingerprint density at radius 3 is 1.82 bits per heavy atom. The average molecular weight is 493 g/mol. The van der Waals surface area contributed by atoms with Gasteiger partial charge in [-0.15, -0.1) is 0 Å². The lowest BCUT2D eigenvalue weighted by Gasteiger charge is -2.24. The van der Waals surface area contributed by atoms with Gasteiger partial charge in [0.05, 0.1) is 6.61 Å². The molecule has 0 heterocycles. The summed E-state index contributed by atoms with van der Waals surface area (Å²) in [5.41, 5.74) is 0. The smallest absolute Gasteiger partial charge is 0.251 e. The minimum atomic E-state index is -1.89. The largest absolute Gasteiger partial charge is 0.394 e. The molecule has 0 unspecified atom stereocenters. The van der Waals surface area contributed by atoms with Gasteiger partial charge in [0.25, 0.3) is 5.91 Å². The molecular formula is C25H52N2O7. The molecule has 4 atom stereocenters. The van der Waals surface area contributed by atoms with Crippen LogP contribution < -0.4 is 10.6 Å². The van der Waals surface area contributed by atoms with Crippen LogP contribution in [-0.2, 0) is 9.53 Å². The van der Waals surface area contributed by atoms with Crippen LogP contribution in [0.2, 0.25) is 0 Å². The summed E-state index contributed by atoms with van der Waals surface area (Å²) in [6.45, 7) is 4.81. The maximum atomic E-state index is 11.8. The first-order valence-electron chi connectivity index (χ1n) is 13.3. The Hall–Kier alpha value is -0.810. The maximum Gasteiger partial charge on any atom is 0.251 e. The third-order valence-corrected chi connectivity index (χ3v) is 5.89. The molecule has 9 nitrogen and oxygen atoms in total. The van der Waals surface area contributed by atoms with Gasteiger partial charge >= 0.3 is 0 Å². The summed E-state index contributed by atoms with van der Waals surface area (Å²) in [7, 11) is 0. The van der Waals surface area contributed by atoms with E-state index in [0.29, 0.717) is 19.5 Å². The number of ether oxygens (including phenoxy) is 1. The highest BCUT2D eigenvalue weighted by atomic mass is 16.5. The molecule has 0 spiro atoms. The minimum Gasteiger partial charge on any atom is -0.394 e. The van der Waals surface area contributed by atoms with Crippen molar-refractivity contribution in [2.45, 2.75) is 115 Å². The van der Waals surface area contributed by atoms with Gasteiger partial charge in [-0.25, -0.2) is 0 Å². The highest BCUT2D eigenvalue weighted by Crippen LogP contribution is 2.11. The molecule has 0 aromatic rings. The Balaban J connectivity index is 3.38. The molecule has 0 radical (unpaired) electrons. The third kappa shape index (κ3) is 18.5. The number of carbonyl (C=O) groups excluding carboxylic acids is 1. The van der Waals surface area contributed by atoms with Crippen molar-refractivity contribution in [3.05, 3.63) is 0 Å². The Labute approximate surface area is 206 Å². The molecular weight excluding hydrogens is 440 g/mol. The van der Waals surface area contributed by atoms with Crippen molar-refractivity contribution in [2.24, 2.45) is 0 Å². The number of nitrogens with one attached hydrogen (secondary N) is 2. The van der Waals surface area contributed by atoms with Crippen molar-refractivity contribution in [1.82, 2.24) is 10.6 Å². The molecule has 0 aliphatic heterocycles. The van der Waals surface area contributed by atoms with Crippen LogP contribution in [0.25, 0.3) is 0 Å². The van der Waals surface area contributed by atoms with E-state index in [0.717, 1.165) is 32.6 Å². The Kier molecular flexibility index (Phi) is 23.3. The van der Waals surface area contributed by atoms with E-state index in [2.05, 4.69) is 17.6 Å². The van der Waals surface area contributed by atoms with Gasteiger partial charge < -0.3 is 40.9 Å². The van der Waals surface area contributed by atoms with Gasteiger partial charge in [0.2, 0.25) is 0 Å². The summed E-state index contributed by atoms with van der Waals surface area (Å²) in [5, 5.41) is 52.6. The van der Waals surface area contributed by atoms with Gasteiger partial charge in [0.15, 0.2) is 6.10 Å². The zero-order chi connectivity index (χ0) is 25.4. The van der Waals surface area contributed by atoms with Gasteiger partial charge in [0.1, 0.15) is 18.3 Å². The molecule has 0 aromatic heterocycles. The quantitative estimate of drug-likeness (QED) is 0.0940. The summed E-state index contributed by atoms with van der Waals surface area (Å²) in [4.78, 5) is 11.8. The topological polar surface area (TPSA) is 152 Å². The molecule has 9 heteroatoms. The first-order chi connectivity index (χ1) is 16.5. The van der Waals surface area contributed by atoms with Gasteiger partial charge in [0, 0.05) is 19.8 Å². The third-order valence-electron chi connectivity index (χ3n) is 5.89. The maximum absolute atomic E-state index is 11.8. The molecule has 0 fully saturated rings. The van der Waals surface area contributed by atoms with E-state index in [4.69, 9.17) is 9.84 Å². The predicted molar refractivity (Wildman–Crippen MR) is 134 cm³/mol. The summed E-state index contributed by atoms with van der Waals surface area (Å²) in [6, 6.07) is 0. The van der Waals surface area contributed by atoms with Crippen molar-refractivity contribution in [3.63, 3.8) is 0 Å². The fraction of sp³-hybridized carbons (Fsp3) is 0.960. The van der Waals surface area contributed by atoms with E-state index in [-0.39, 0.29) is 0 Å². The van der Waals surface area contributed by atoms with Gasteiger partial charge in [-0.05, 0) is 32.4 Å². The Bertz CT molecular complexity index is 457. The fourth-order valence-electron chi connectivity index (χ4n) is 3.60. The molecule has 0 saturated carbocycles. The number of aliphatic hydroxyl groups excluding tert-OH is 5. The molecule has 0 aromatic carbocycles. The van der Waals surface area contributed by atoms with Crippen LogP contribution in [0, 0.1) is 0 Å². The molecule has 1 amide bonds. The Morgan fingerprint density at radius 1 is 0.706 bits per heavy atom. The van der Waals surface area contributed by atoms with Crippen molar-refractivity contribution in [2.75, 3.05) is 39.5 Å². The molecule has 0 bridgehead atoms. The van der Waals surface area contributed by atoms with Crippen LogP contribution in [0.1, 0.15) is 90.4 Å². The second-order valence-electron chi connectivity index (χ2n) is 9.07. The van der Waals surface area contributed by atoms with Crippen LogP contribution in [0.5, 0.6) is 0 Å². The van der Waals surface area contributed by atoms with E-state index in [1.54, 1.807) is 0 Å². The van der Waals surface area contributed by atoms with Gasteiger partial charge in [-0.1, -0.05) is 71.1 Å². The fourth-order valence-corrected chi connectivity index (χ4v) is 3.60. The first-order valence-corrected chi connectivity index (χ1v) is 13.3. The summed E-state index contributed by atoms with van der Waals surface area (Å²) in [6.07, 6.45) is 8.96. The zero-order valence-corrected chi connectivity index (χ0v) is 21.3. The highest BCUT2D eigenvalue weighted by Gasteiger charge is 2.33. The predicted octanol–water partition coefficient (Wildman–Crippen LogP) is 1.24. The van der Waals surface area contributed by atoms with E-state index in [9.17, 15) is 25.2 Å². The number of hydrogen-bond acceptors (Lipinski definition) is 8. The van der Waals surface area contributed by atoms with Crippen LogP contribution in [-0.4, -0.2) is 95.3 Å². The molecule has 7 N–H and O–H groups in total. The van der Waals surface area contributed by atoms with E-state index < -0.39 is 36.9 Å².